The van der Waals surface area contributed by atoms with Gasteiger partial charge in [0.05, 0.1) is 5.60 Å². The third-order valence-corrected chi connectivity index (χ3v) is 5.05. The van der Waals surface area contributed by atoms with Crippen molar-refractivity contribution < 1.29 is 4.74 Å². The maximum absolute atomic E-state index is 5.79. The summed E-state index contributed by atoms with van der Waals surface area (Å²) in [5.74, 6) is 1.12. The van der Waals surface area contributed by atoms with Crippen molar-refractivity contribution in [3.05, 3.63) is 23.9 Å². The molecule has 1 saturated heterocycles. The van der Waals surface area contributed by atoms with Gasteiger partial charge in [0.2, 0.25) is 0 Å². The van der Waals surface area contributed by atoms with Crippen LogP contribution in [0.3, 0.4) is 0 Å². The lowest BCUT2D eigenvalue weighted by Crippen LogP contribution is -2.47. The Labute approximate surface area is 167 Å². The number of anilines is 1. The van der Waals surface area contributed by atoms with E-state index in [1.807, 2.05) is 6.20 Å². The lowest BCUT2D eigenvalue weighted by molar-refractivity contribution is -0.00385. The molecule has 1 aromatic rings. The molecule has 0 amide bonds. The Morgan fingerprint density at radius 1 is 0.963 bits per heavy atom. The lowest BCUT2D eigenvalue weighted by Gasteiger charge is -2.35. The highest BCUT2D eigenvalue weighted by Gasteiger charge is 2.18. The Morgan fingerprint density at radius 2 is 1.67 bits per heavy atom. The third-order valence-electron chi connectivity index (χ3n) is 5.05. The van der Waals surface area contributed by atoms with E-state index in [1.54, 1.807) is 0 Å². The first kappa shape index (κ1) is 22.2. The van der Waals surface area contributed by atoms with E-state index in [4.69, 9.17) is 9.72 Å². The molecule has 2 heterocycles. The fourth-order valence-corrected chi connectivity index (χ4v) is 3.44. The highest BCUT2D eigenvalue weighted by Crippen LogP contribution is 2.21. The van der Waals surface area contributed by atoms with Crippen LogP contribution in [0.5, 0.6) is 0 Å². The monoisotopic (exact) mass is 375 g/mol. The second-order valence-corrected chi connectivity index (χ2v) is 10.1. The van der Waals surface area contributed by atoms with Gasteiger partial charge in [-0.3, -0.25) is 4.90 Å². The van der Waals surface area contributed by atoms with Crippen LogP contribution >= 0.6 is 0 Å². The zero-order chi connectivity index (χ0) is 19.9. The summed E-state index contributed by atoms with van der Waals surface area (Å²) >= 11 is 0. The fraction of sp³-hybridized carbons (Fsp3) is 0.783. The molecular weight excluding hydrogens is 334 g/mol. The Bertz CT molecular complexity index is 534. The van der Waals surface area contributed by atoms with Gasteiger partial charge in [0.25, 0.3) is 0 Å². The van der Waals surface area contributed by atoms with E-state index < -0.39 is 0 Å². The highest BCUT2D eigenvalue weighted by atomic mass is 16.5. The van der Waals surface area contributed by atoms with E-state index in [-0.39, 0.29) is 5.60 Å². The zero-order valence-electron chi connectivity index (χ0n) is 18.6. The van der Waals surface area contributed by atoms with Gasteiger partial charge in [-0.05, 0) is 70.0 Å². The van der Waals surface area contributed by atoms with E-state index in [2.05, 4.69) is 63.5 Å². The summed E-state index contributed by atoms with van der Waals surface area (Å²) in [7, 11) is 0. The van der Waals surface area contributed by atoms with Crippen molar-refractivity contribution in [1.82, 2.24) is 9.88 Å². The number of piperazine rings is 1. The van der Waals surface area contributed by atoms with Crippen LogP contribution in [0, 0.1) is 5.41 Å². The summed E-state index contributed by atoms with van der Waals surface area (Å²) < 4.78 is 5.79. The highest BCUT2D eigenvalue weighted by molar-refractivity contribution is 5.39. The number of nitrogens with zero attached hydrogens (tertiary/aromatic N) is 3. The molecular formula is C23H41N3O. The van der Waals surface area contributed by atoms with Gasteiger partial charge in [0.1, 0.15) is 5.82 Å². The van der Waals surface area contributed by atoms with Crippen LogP contribution < -0.4 is 4.90 Å². The topological polar surface area (TPSA) is 28.6 Å². The number of hydrogen-bond acceptors (Lipinski definition) is 4. The van der Waals surface area contributed by atoms with Crippen molar-refractivity contribution in [1.29, 1.82) is 0 Å². The van der Waals surface area contributed by atoms with Crippen molar-refractivity contribution in [2.45, 2.75) is 72.8 Å². The smallest absolute Gasteiger partial charge is 0.128 e. The van der Waals surface area contributed by atoms with Crippen molar-refractivity contribution >= 4 is 5.82 Å². The van der Waals surface area contributed by atoms with Gasteiger partial charge in [0.15, 0.2) is 0 Å². The van der Waals surface area contributed by atoms with Crippen LogP contribution in [-0.4, -0.2) is 54.8 Å². The van der Waals surface area contributed by atoms with Crippen LogP contribution in [0.15, 0.2) is 18.3 Å². The molecule has 0 aromatic carbocycles. The Balaban J connectivity index is 1.69. The SMILES string of the molecule is CC(C)(C)CCCN1CCN(c2ccc(CCCOC(C)(C)C)cn2)CC1. The molecule has 0 N–H and O–H groups in total. The molecule has 1 aliphatic rings. The molecule has 0 saturated carbocycles. The van der Waals surface area contributed by atoms with Gasteiger partial charge >= 0.3 is 0 Å². The van der Waals surface area contributed by atoms with Crippen LogP contribution in [0.25, 0.3) is 0 Å². The molecule has 4 heteroatoms. The van der Waals surface area contributed by atoms with Gasteiger partial charge < -0.3 is 9.64 Å². The fourth-order valence-electron chi connectivity index (χ4n) is 3.44. The normalized spacial score (nSPS) is 16.7. The summed E-state index contributed by atoms with van der Waals surface area (Å²) in [5, 5.41) is 0. The van der Waals surface area contributed by atoms with Gasteiger partial charge in [-0.1, -0.05) is 26.8 Å². The maximum atomic E-state index is 5.79. The molecule has 1 fully saturated rings. The molecule has 27 heavy (non-hydrogen) atoms. The van der Waals surface area contributed by atoms with Crippen molar-refractivity contribution in [2.75, 3.05) is 44.2 Å². The standard InChI is InChI=1S/C23H41N3O/c1-22(2,3)12-8-13-25-14-16-26(17-15-25)21-11-10-20(19-24-21)9-7-18-27-23(4,5)6/h10-11,19H,7-9,12-18H2,1-6H3. The molecule has 2 rings (SSSR count). The molecule has 154 valence electrons. The number of rotatable bonds is 8. The minimum absolute atomic E-state index is 0.0446. The van der Waals surface area contributed by atoms with E-state index in [9.17, 15) is 0 Å². The molecule has 0 unspecified atom stereocenters. The second kappa shape index (κ2) is 9.88. The molecule has 0 radical (unpaired) electrons. The third kappa shape index (κ3) is 9.07. The number of pyridine rings is 1. The van der Waals surface area contributed by atoms with Crippen molar-refractivity contribution in [3.8, 4) is 0 Å². The van der Waals surface area contributed by atoms with E-state index >= 15 is 0 Å². The van der Waals surface area contributed by atoms with Gasteiger partial charge in [0, 0.05) is 39.0 Å². The first-order valence-electron chi connectivity index (χ1n) is 10.7. The number of aromatic nitrogens is 1. The predicted octanol–water partition coefficient (Wildman–Crippen LogP) is 4.78. The summed E-state index contributed by atoms with van der Waals surface area (Å²) in [4.78, 5) is 9.74. The average molecular weight is 376 g/mol. The van der Waals surface area contributed by atoms with E-state index in [1.165, 1.54) is 24.9 Å². The zero-order valence-corrected chi connectivity index (χ0v) is 18.6. The minimum atomic E-state index is -0.0446. The first-order valence-corrected chi connectivity index (χ1v) is 10.7. The Morgan fingerprint density at radius 3 is 2.22 bits per heavy atom. The molecule has 1 aliphatic heterocycles. The molecule has 0 spiro atoms. The summed E-state index contributed by atoms with van der Waals surface area (Å²) in [5.41, 5.74) is 1.71. The van der Waals surface area contributed by atoms with Gasteiger partial charge in [-0.15, -0.1) is 0 Å². The van der Waals surface area contributed by atoms with Crippen LogP contribution in [0.2, 0.25) is 0 Å². The predicted molar refractivity (Wildman–Crippen MR) is 116 cm³/mol. The summed E-state index contributed by atoms with van der Waals surface area (Å²) in [6.07, 6.45) is 6.73. The second-order valence-electron chi connectivity index (χ2n) is 10.1. The Kier molecular flexibility index (Phi) is 8.11. The molecule has 0 bridgehead atoms. The molecule has 4 nitrogen and oxygen atoms in total. The van der Waals surface area contributed by atoms with Crippen LogP contribution in [-0.2, 0) is 11.2 Å². The maximum Gasteiger partial charge on any atom is 0.128 e. The quantitative estimate of drug-likeness (QED) is 0.612. The van der Waals surface area contributed by atoms with E-state index in [0.29, 0.717) is 5.41 Å². The average Bonchev–Trinajstić information content (AvgIpc) is 2.58. The number of aryl methyl sites for hydroxylation is 1. The number of ether oxygens (including phenoxy) is 1. The van der Waals surface area contributed by atoms with Gasteiger partial charge in [-0.25, -0.2) is 4.98 Å². The summed E-state index contributed by atoms with van der Waals surface area (Å²) in [6, 6.07) is 4.42. The van der Waals surface area contributed by atoms with Crippen LogP contribution in [0.1, 0.15) is 66.4 Å². The molecule has 0 atom stereocenters. The van der Waals surface area contributed by atoms with E-state index in [0.717, 1.165) is 51.4 Å². The van der Waals surface area contributed by atoms with Crippen molar-refractivity contribution in [2.24, 2.45) is 5.41 Å². The van der Waals surface area contributed by atoms with Crippen LogP contribution in [0.4, 0.5) is 5.82 Å². The largest absolute Gasteiger partial charge is 0.376 e. The molecule has 0 aliphatic carbocycles. The first-order chi connectivity index (χ1) is 12.6. The van der Waals surface area contributed by atoms with Gasteiger partial charge in [-0.2, -0.15) is 0 Å². The summed E-state index contributed by atoms with van der Waals surface area (Å²) in [6.45, 7) is 19.8. The lowest BCUT2D eigenvalue weighted by atomic mass is 9.90. The minimum Gasteiger partial charge on any atom is -0.376 e. The number of hydrogen-bond donors (Lipinski definition) is 0. The molecule has 1 aromatic heterocycles. The van der Waals surface area contributed by atoms with Crippen molar-refractivity contribution in [3.63, 3.8) is 0 Å². The Hall–Kier alpha value is -1.13.